The first kappa shape index (κ1) is 14.2. The van der Waals surface area contributed by atoms with Crippen molar-refractivity contribution in [1.82, 2.24) is 19.7 Å². The molecule has 0 unspecified atom stereocenters. The Morgan fingerprint density at radius 2 is 2.14 bits per heavy atom. The smallest absolute Gasteiger partial charge is 0.258 e. The zero-order chi connectivity index (χ0) is 15.5. The number of carbonyl (C=O) groups is 1. The summed E-state index contributed by atoms with van der Waals surface area (Å²) >= 11 is 5.77. The van der Waals surface area contributed by atoms with Gasteiger partial charge in [0.2, 0.25) is 0 Å². The number of halogens is 2. The number of aromatic nitrogens is 4. The van der Waals surface area contributed by atoms with Crippen molar-refractivity contribution in [3.8, 4) is 5.82 Å². The van der Waals surface area contributed by atoms with Gasteiger partial charge < -0.3 is 5.32 Å². The van der Waals surface area contributed by atoms with Crippen molar-refractivity contribution >= 4 is 23.2 Å². The summed E-state index contributed by atoms with van der Waals surface area (Å²) in [6.07, 6.45) is 4.33. The molecular formula is C14H9ClFN5O. The van der Waals surface area contributed by atoms with E-state index in [0.717, 1.165) is 6.07 Å². The van der Waals surface area contributed by atoms with Gasteiger partial charge in [-0.2, -0.15) is 5.10 Å². The predicted octanol–water partition coefficient (Wildman–Crippen LogP) is 2.71. The van der Waals surface area contributed by atoms with Gasteiger partial charge in [-0.05, 0) is 30.3 Å². The Labute approximate surface area is 129 Å². The zero-order valence-electron chi connectivity index (χ0n) is 11.1. The highest BCUT2D eigenvalue weighted by atomic mass is 35.5. The summed E-state index contributed by atoms with van der Waals surface area (Å²) < 4.78 is 15.1. The van der Waals surface area contributed by atoms with Crippen LogP contribution in [0.4, 0.5) is 10.1 Å². The van der Waals surface area contributed by atoms with E-state index in [9.17, 15) is 9.18 Å². The molecule has 0 aliphatic heterocycles. The summed E-state index contributed by atoms with van der Waals surface area (Å²) in [6.45, 7) is 0. The maximum atomic E-state index is 13.6. The summed E-state index contributed by atoms with van der Waals surface area (Å²) in [4.78, 5) is 20.0. The fourth-order valence-electron chi connectivity index (χ4n) is 1.79. The van der Waals surface area contributed by atoms with E-state index in [1.54, 1.807) is 12.1 Å². The summed E-state index contributed by atoms with van der Waals surface area (Å²) in [5.41, 5.74) is 0.293. The molecule has 6 nitrogen and oxygen atoms in total. The Bertz CT molecular complexity index is 805. The van der Waals surface area contributed by atoms with Crippen LogP contribution in [0.3, 0.4) is 0 Å². The van der Waals surface area contributed by atoms with Crippen molar-refractivity contribution < 1.29 is 9.18 Å². The van der Waals surface area contributed by atoms with Crippen LogP contribution in [0.1, 0.15) is 10.4 Å². The van der Waals surface area contributed by atoms with Crippen molar-refractivity contribution in [2.24, 2.45) is 0 Å². The Kier molecular flexibility index (Phi) is 3.80. The zero-order valence-corrected chi connectivity index (χ0v) is 11.8. The summed E-state index contributed by atoms with van der Waals surface area (Å²) in [6, 6.07) is 7.07. The number of carbonyl (C=O) groups excluding carboxylic acids is 1. The number of benzene rings is 1. The van der Waals surface area contributed by atoms with E-state index in [4.69, 9.17) is 11.6 Å². The van der Waals surface area contributed by atoms with Crippen LogP contribution < -0.4 is 5.32 Å². The lowest BCUT2D eigenvalue weighted by atomic mass is 10.2. The van der Waals surface area contributed by atoms with Gasteiger partial charge in [0.05, 0.1) is 17.4 Å². The largest absolute Gasteiger partial charge is 0.320 e. The number of hydrogen-bond donors (Lipinski definition) is 1. The van der Waals surface area contributed by atoms with Gasteiger partial charge in [0.1, 0.15) is 18.5 Å². The minimum atomic E-state index is -0.644. The number of pyridine rings is 1. The van der Waals surface area contributed by atoms with E-state index >= 15 is 0 Å². The van der Waals surface area contributed by atoms with E-state index < -0.39 is 11.7 Å². The Balaban J connectivity index is 1.78. The topological polar surface area (TPSA) is 72.7 Å². The summed E-state index contributed by atoms with van der Waals surface area (Å²) in [5.74, 6) is -0.700. The number of amides is 1. The number of hydrogen-bond acceptors (Lipinski definition) is 4. The first-order valence-electron chi connectivity index (χ1n) is 6.21. The second-order valence-corrected chi connectivity index (χ2v) is 4.76. The number of rotatable bonds is 3. The molecule has 0 atom stereocenters. The van der Waals surface area contributed by atoms with Gasteiger partial charge in [0, 0.05) is 5.02 Å². The molecule has 1 N–H and O–H groups in total. The number of nitrogens with one attached hydrogen (secondary N) is 1. The standard InChI is InChI=1S/C14H9ClFN5O/c15-9-1-3-12(16)11(5-9)14(22)20-10-2-4-13(18-6-10)21-8-17-7-19-21/h1-8H,(H,20,22). The molecule has 0 radical (unpaired) electrons. The fourth-order valence-corrected chi connectivity index (χ4v) is 1.96. The SMILES string of the molecule is O=C(Nc1ccc(-n2cncn2)nc1)c1cc(Cl)ccc1F. The van der Waals surface area contributed by atoms with Crippen molar-refractivity contribution in [3.63, 3.8) is 0 Å². The molecule has 110 valence electrons. The maximum Gasteiger partial charge on any atom is 0.258 e. The first-order valence-corrected chi connectivity index (χ1v) is 6.59. The Morgan fingerprint density at radius 3 is 2.82 bits per heavy atom. The molecule has 0 saturated carbocycles. The molecular weight excluding hydrogens is 309 g/mol. The quantitative estimate of drug-likeness (QED) is 0.806. The molecule has 0 spiro atoms. The van der Waals surface area contributed by atoms with Gasteiger partial charge in [0.15, 0.2) is 5.82 Å². The van der Waals surface area contributed by atoms with E-state index in [2.05, 4.69) is 20.4 Å². The lowest BCUT2D eigenvalue weighted by Gasteiger charge is -2.07. The van der Waals surface area contributed by atoms with Crippen LogP contribution in [0, 0.1) is 5.82 Å². The second-order valence-electron chi connectivity index (χ2n) is 4.32. The molecule has 0 aliphatic carbocycles. The molecule has 8 heteroatoms. The van der Waals surface area contributed by atoms with E-state index in [1.165, 1.54) is 35.7 Å². The normalized spacial score (nSPS) is 10.5. The minimum Gasteiger partial charge on any atom is -0.320 e. The average Bonchev–Trinajstić information content (AvgIpc) is 3.05. The highest BCUT2D eigenvalue weighted by molar-refractivity contribution is 6.31. The van der Waals surface area contributed by atoms with E-state index in [-0.39, 0.29) is 10.6 Å². The fraction of sp³-hybridized carbons (Fsp3) is 0. The van der Waals surface area contributed by atoms with E-state index in [0.29, 0.717) is 11.5 Å². The average molecular weight is 318 g/mol. The highest BCUT2D eigenvalue weighted by Gasteiger charge is 2.12. The van der Waals surface area contributed by atoms with Crippen LogP contribution in [-0.4, -0.2) is 25.7 Å². The van der Waals surface area contributed by atoms with Gasteiger partial charge in [-0.15, -0.1) is 0 Å². The molecule has 0 fully saturated rings. The van der Waals surface area contributed by atoms with Gasteiger partial charge in [0.25, 0.3) is 5.91 Å². The van der Waals surface area contributed by atoms with Crippen LogP contribution >= 0.6 is 11.6 Å². The third kappa shape index (κ3) is 2.94. The van der Waals surface area contributed by atoms with Gasteiger partial charge in [-0.25, -0.2) is 19.0 Å². The van der Waals surface area contributed by atoms with Crippen LogP contribution in [0.25, 0.3) is 5.82 Å². The first-order chi connectivity index (χ1) is 10.6. The molecule has 0 bridgehead atoms. The third-order valence-electron chi connectivity index (χ3n) is 2.83. The maximum absolute atomic E-state index is 13.6. The van der Waals surface area contributed by atoms with Crippen LogP contribution in [-0.2, 0) is 0 Å². The lowest BCUT2D eigenvalue weighted by molar-refractivity contribution is 0.102. The summed E-state index contributed by atoms with van der Waals surface area (Å²) in [5, 5.41) is 6.77. The lowest BCUT2D eigenvalue weighted by Crippen LogP contribution is -2.14. The molecule has 1 amide bonds. The minimum absolute atomic E-state index is 0.132. The van der Waals surface area contributed by atoms with Crippen molar-refractivity contribution in [1.29, 1.82) is 0 Å². The van der Waals surface area contributed by atoms with Gasteiger partial charge >= 0.3 is 0 Å². The Morgan fingerprint density at radius 1 is 1.27 bits per heavy atom. The molecule has 3 aromatic rings. The van der Waals surface area contributed by atoms with Crippen LogP contribution in [0.2, 0.25) is 5.02 Å². The third-order valence-corrected chi connectivity index (χ3v) is 3.07. The number of anilines is 1. The molecule has 1 aromatic carbocycles. The Hall–Kier alpha value is -2.80. The van der Waals surface area contributed by atoms with Gasteiger partial charge in [-0.3, -0.25) is 4.79 Å². The van der Waals surface area contributed by atoms with Crippen LogP contribution in [0.5, 0.6) is 0 Å². The molecule has 22 heavy (non-hydrogen) atoms. The van der Waals surface area contributed by atoms with Crippen molar-refractivity contribution in [2.45, 2.75) is 0 Å². The molecule has 0 saturated heterocycles. The molecule has 3 rings (SSSR count). The van der Waals surface area contributed by atoms with Crippen molar-refractivity contribution in [3.05, 3.63) is 65.6 Å². The predicted molar refractivity (Wildman–Crippen MR) is 78.5 cm³/mol. The van der Waals surface area contributed by atoms with Crippen molar-refractivity contribution in [2.75, 3.05) is 5.32 Å². The number of nitrogens with zero attached hydrogens (tertiary/aromatic N) is 4. The monoisotopic (exact) mass is 317 g/mol. The van der Waals surface area contributed by atoms with Crippen LogP contribution in [0.15, 0.2) is 49.2 Å². The molecule has 0 aliphatic rings. The summed E-state index contributed by atoms with van der Waals surface area (Å²) in [7, 11) is 0. The second kappa shape index (κ2) is 5.90. The molecule has 2 heterocycles. The van der Waals surface area contributed by atoms with Gasteiger partial charge in [-0.1, -0.05) is 11.6 Å². The highest BCUT2D eigenvalue weighted by Crippen LogP contribution is 2.17. The van der Waals surface area contributed by atoms with E-state index in [1.807, 2.05) is 0 Å². The molecule has 2 aromatic heterocycles.